The molecule has 3 aliphatic carbocycles. The number of anilines is 1. The fourth-order valence-corrected chi connectivity index (χ4v) is 9.64. The number of nitrogens with zero attached hydrogens (tertiary/aromatic N) is 3. The van der Waals surface area contributed by atoms with Crippen molar-refractivity contribution in [3.05, 3.63) is 47.5 Å². The van der Waals surface area contributed by atoms with Gasteiger partial charge < -0.3 is 35.4 Å². The minimum absolute atomic E-state index is 0.0112. The standard InChI is InChI=1S/C42H65N5O5/c1-24(2)15-31(22-45(7)8)43-40(50)29-16-28(17-32(18-29)46(9)10)33-14-12-13-27(39(33)52-11)21-47-23-36(49)37(26(4)48)38(47)41(51)44-35-20-30-19-34(25(35)3)42(30,5)6/h12-14,16-18,24-26,30-31,34-38,48-49H,15,19-23H2,1-11H3,(H,43,50)(H,44,51)/t25-,26-,30+,31-,34-,35-,36-,37+,38-/m0/s1. The summed E-state index contributed by atoms with van der Waals surface area (Å²) in [5.41, 5.74) is 4.29. The van der Waals surface area contributed by atoms with E-state index in [0.717, 1.165) is 41.8 Å². The summed E-state index contributed by atoms with van der Waals surface area (Å²) in [5, 5.41) is 28.7. The Morgan fingerprint density at radius 2 is 1.79 bits per heavy atom. The van der Waals surface area contributed by atoms with Crippen LogP contribution in [-0.4, -0.2) is 111 Å². The lowest BCUT2D eigenvalue weighted by atomic mass is 9.45. The lowest BCUT2D eigenvalue weighted by Crippen LogP contribution is -2.62. The first-order chi connectivity index (χ1) is 24.4. The predicted molar refractivity (Wildman–Crippen MR) is 208 cm³/mol. The van der Waals surface area contributed by atoms with Crippen molar-refractivity contribution in [3.63, 3.8) is 0 Å². The molecule has 4 aliphatic rings. The van der Waals surface area contributed by atoms with Crippen LogP contribution in [0.3, 0.4) is 0 Å². The van der Waals surface area contributed by atoms with Gasteiger partial charge in [-0.2, -0.15) is 0 Å². The van der Waals surface area contributed by atoms with Crippen LogP contribution in [0.4, 0.5) is 5.69 Å². The number of carbonyl (C=O) groups excluding carboxylic acids is 2. The van der Waals surface area contributed by atoms with Crippen LogP contribution >= 0.6 is 0 Å². The largest absolute Gasteiger partial charge is 0.496 e. The van der Waals surface area contributed by atoms with E-state index in [4.69, 9.17) is 4.74 Å². The zero-order chi connectivity index (χ0) is 38.2. The van der Waals surface area contributed by atoms with E-state index in [2.05, 4.69) is 56.2 Å². The molecule has 0 radical (unpaired) electrons. The van der Waals surface area contributed by atoms with Gasteiger partial charge in [0.2, 0.25) is 5.91 Å². The number of carbonyl (C=O) groups is 2. The van der Waals surface area contributed by atoms with Gasteiger partial charge in [-0.05, 0) is 93.1 Å². The van der Waals surface area contributed by atoms with Gasteiger partial charge in [-0.25, -0.2) is 0 Å². The fraction of sp³-hybridized carbons (Fsp3) is 0.667. The highest BCUT2D eigenvalue weighted by Crippen LogP contribution is 2.61. The molecule has 288 valence electrons. The van der Waals surface area contributed by atoms with Crippen molar-refractivity contribution in [1.29, 1.82) is 0 Å². The van der Waals surface area contributed by atoms with Crippen molar-refractivity contribution in [2.45, 2.75) is 97.7 Å². The molecule has 0 aromatic heterocycles. The molecule has 1 saturated heterocycles. The Hall–Kier alpha value is -3.18. The molecule has 0 unspecified atom stereocenters. The predicted octanol–water partition coefficient (Wildman–Crippen LogP) is 4.86. The third kappa shape index (κ3) is 8.30. The number of likely N-dealkylation sites (tertiary alicyclic amines) is 1. The molecule has 52 heavy (non-hydrogen) atoms. The number of aliphatic hydroxyl groups is 2. The Bertz CT molecular complexity index is 1560. The Morgan fingerprint density at radius 1 is 1.08 bits per heavy atom. The second kappa shape index (κ2) is 16.0. The number of nitrogens with one attached hydrogen (secondary N) is 2. The molecular formula is C42H65N5O5. The third-order valence-corrected chi connectivity index (χ3v) is 12.5. The number of benzene rings is 2. The number of para-hydroxylation sites is 1. The van der Waals surface area contributed by atoms with E-state index in [-0.39, 0.29) is 30.4 Å². The van der Waals surface area contributed by atoms with E-state index in [0.29, 0.717) is 46.9 Å². The van der Waals surface area contributed by atoms with Crippen molar-refractivity contribution >= 4 is 17.5 Å². The first-order valence-electron chi connectivity index (χ1n) is 19.3. The Labute approximate surface area is 312 Å². The monoisotopic (exact) mass is 719 g/mol. The SMILES string of the molecule is COc1c(CN2C[C@H](O)[C@@H]([C@H](C)O)[C@H]2C(=O)N[C@H]2C[C@H]3C[C@@H]([C@@H]2C)C3(C)C)cccc1-c1cc(C(=O)N[C@@H](CC(C)C)CN(C)C)cc(N(C)C)c1. The Kier molecular flexibility index (Phi) is 12.3. The number of hydrogen-bond donors (Lipinski definition) is 4. The summed E-state index contributed by atoms with van der Waals surface area (Å²) in [7, 11) is 9.60. The molecule has 2 bridgehead atoms. The van der Waals surface area contributed by atoms with Crippen LogP contribution in [0.2, 0.25) is 0 Å². The molecule has 6 rings (SSSR count). The van der Waals surface area contributed by atoms with E-state index >= 15 is 0 Å². The van der Waals surface area contributed by atoms with Crippen molar-refractivity contribution < 1.29 is 24.5 Å². The minimum atomic E-state index is -0.865. The van der Waals surface area contributed by atoms with Crippen LogP contribution in [-0.2, 0) is 11.3 Å². The molecule has 2 amide bonds. The smallest absolute Gasteiger partial charge is 0.251 e. The molecule has 0 spiro atoms. The maximum atomic E-state index is 14.2. The van der Waals surface area contributed by atoms with Crippen LogP contribution in [0, 0.1) is 35.0 Å². The van der Waals surface area contributed by atoms with Gasteiger partial charge in [-0.1, -0.05) is 52.8 Å². The van der Waals surface area contributed by atoms with Gasteiger partial charge in [0.05, 0.1) is 25.4 Å². The highest BCUT2D eigenvalue weighted by Gasteiger charge is 2.57. The van der Waals surface area contributed by atoms with E-state index < -0.39 is 24.2 Å². The summed E-state index contributed by atoms with van der Waals surface area (Å²) >= 11 is 0. The van der Waals surface area contributed by atoms with Crippen LogP contribution in [0.5, 0.6) is 5.75 Å². The zero-order valence-electron chi connectivity index (χ0n) is 33.4. The van der Waals surface area contributed by atoms with Crippen molar-refractivity contribution in [2.24, 2.45) is 35.0 Å². The Balaban J connectivity index is 1.43. The number of hydrogen-bond acceptors (Lipinski definition) is 8. The van der Waals surface area contributed by atoms with Crippen molar-refractivity contribution in [3.8, 4) is 16.9 Å². The average Bonchev–Trinajstić information content (AvgIpc) is 3.39. The number of methoxy groups -OCH3 is 1. The molecule has 1 aliphatic heterocycles. The topological polar surface area (TPSA) is 118 Å². The number of rotatable bonds is 14. The molecule has 1 heterocycles. The first kappa shape index (κ1) is 40.0. The quantitative estimate of drug-likeness (QED) is 0.219. The molecule has 9 atom stereocenters. The van der Waals surface area contributed by atoms with Gasteiger partial charge in [0.25, 0.3) is 5.91 Å². The van der Waals surface area contributed by atoms with Crippen LogP contribution in [0.1, 0.15) is 76.7 Å². The second-order valence-electron chi connectivity index (χ2n) is 17.6. The summed E-state index contributed by atoms with van der Waals surface area (Å²) in [6, 6.07) is 11.2. The third-order valence-electron chi connectivity index (χ3n) is 12.5. The summed E-state index contributed by atoms with van der Waals surface area (Å²) in [6.07, 6.45) is 1.34. The van der Waals surface area contributed by atoms with Crippen molar-refractivity contribution in [1.82, 2.24) is 20.4 Å². The molecule has 2 aromatic carbocycles. The van der Waals surface area contributed by atoms with Gasteiger partial charge in [-0.15, -0.1) is 0 Å². The van der Waals surface area contributed by atoms with Gasteiger partial charge >= 0.3 is 0 Å². The lowest BCUT2D eigenvalue weighted by Gasteiger charge is -2.62. The molecule has 10 heteroatoms. The van der Waals surface area contributed by atoms with Crippen LogP contribution in [0.15, 0.2) is 36.4 Å². The van der Waals surface area contributed by atoms with Crippen LogP contribution in [0.25, 0.3) is 11.1 Å². The van der Waals surface area contributed by atoms with Gasteiger partial charge in [0.15, 0.2) is 0 Å². The van der Waals surface area contributed by atoms with Gasteiger partial charge in [-0.3, -0.25) is 14.5 Å². The molecule has 3 saturated carbocycles. The molecule has 4 N–H and O–H groups in total. The highest BCUT2D eigenvalue weighted by molar-refractivity contribution is 5.97. The van der Waals surface area contributed by atoms with Crippen LogP contribution < -0.4 is 20.3 Å². The van der Waals surface area contributed by atoms with E-state index in [1.54, 1.807) is 14.0 Å². The summed E-state index contributed by atoms with van der Waals surface area (Å²) in [6.45, 7) is 14.3. The number of aliphatic hydroxyl groups excluding tert-OH is 2. The maximum absolute atomic E-state index is 14.2. The maximum Gasteiger partial charge on any atom is 0.251 e. The minimum Gasteiger partial charge on any atom is -0.496 e. The second-order valence-corrected chi connectivity index (χ2v) is 17.6. The normalized spacial score (nSPS) is 27.9. The highest BCUT2D eigenvalue weighted by atomic mass is 16.5. The number of fused-ring (bicyclic) bond motifs is 2. The van der Waals surface area contributed by atoms with E-state index in [1.807, 2.05) is 68.3 Å². The average molecular weight is 720 g/mol. The number of β-amino-alcohol motifs (C(OH)–C–C–N with tert-alkyl or cyclic N) is 1. The zero-order valence-corrected chi connectivity index (χ0v) is 33.4. The summed E-state index contributed by atoms with van der Waals surface area (Å²) in [5.74, 6) is 1.76. The van der Waals surface area contributed by atoms with E-state index in [9.17, 15) is 19.8 Å². The number of amides is 2. The molecule has 4 fully saturated rings. The first-order valence-corrected chi connectivity index (χ1v) is 19.3. The summed E-state index contributed by atoms with van der Waals surface area (Å²) in [4.78, 5) is 34.1. The number of likely N-dealkylation sites (N-methyl/N-ethyl adjacent to an activating group) is 1. The molecular weight excluding hydrogens is 654 g/mol. The molecule has 10 nitrogen and oxygen atoms in total. The lowest BCUT2D eigenvalue weighted by molar-refractivity contribution is -0.139. The molecule has 2 aromatic rings. The Morgan fingerprint density at radius 3 is 2.37 bits per heavy atom. The van der Waals surface area contributed by atoms with E-state index in [1.165, 1.54) is 6.42 Å². The number of ether oxygens (including phenoxy) is 1. The van der Waals surface area contributed by atoms with Crippen molar-refractivity contribution in [2.75, 3.05) is 53.3 Å². The summed E-state index contributed by atoms with van der Waals surface area (Å²) < 4.78 is 6.10. The van der Waals surface area contributed by atoms with Gasteiger partial charge in [0, 0.05) is 74.1 Å². The van der Waals surface area contributed by atoms with Gasteiger partial charge in [0.1, 0.15) is 5.75 Å². The fourth-order valence-electron chi connectivity index (χ4n) is 9.64.